The summed E-state index contributed by atoms with van der Waals surface area (Å²) in [5, 5.41) is 0. The Balaban J connectivity index is 0.000000136. The minimum Gasteiger partial charge on any atom is -0.485 e. The lowest BCUT2D eigenvalue weighted by Crippen LogP contribution is -1.98. The number of carbonyl (C=O) groups excluding carboxylic acids is 2. The van der Waals surface area contributed by atoms with Crippen molar-refractivity contribution in [2.24, 2.45) is 0 Å². The average Bonchev–Trinajstić information content (AvgIpc) is 3.01. The Labute approximate surface area is 97.8 Å². The number of hydrogen-bond acceptors (Lipinski definition) is 4. The highest BCUT2D eigenvalue weighted by molar-refractivity contribution is 6.02. The summed E-state index contributed by atoms with van der Waals surface area (Å²) in [4.78, 5) is 20.7. The van der Waals surface area contributed by atoms with Crippen LogP contribution in [-0.4, -0.2) is 18.7 Å². The Morgan fingerprint density at radius 1 is 1.12 bits per heavy atom. The second-order valence-corrected chi connectivity index (χ2v) is 3.34. The number of aldehydes is 1. The highest BCUT2D eigenvalue weighted by atomic mass is 16.5. The third-order valence-corrected chi connectivity index (χ3v) is 2.21. The van der Waals surface area contributed by atoms with Crippen LogP contribution < -0.4 is 4.74 Å². The molecule has 4 heteroatoms. The topological polar surface area (TPSA) is 56.5 Å². The lowest BCUT2D eigenvalue weighted by molar-refractivity contribution is 0.0961. The van der Waals surface area contributed by atoms with Gasteiger partial charge in [-0.1, -0.05) is 12.1 Å². The van der Waals surface area contributed by atoms with Crippen LogP contribution in [0.3, 0.4) is 0 Å². The van der Waals surface area contributed by atoms with Crippen molar-refractivity contribution in [3.05, 3.63) is 54.0 Å². The molecule has 0 saturated heterocycles. The fourth-order valence-electron chi connectivity index (χ4n) is 1.40. The van der Waals surface area contributed by atoms with Crippen LogP contribution in [0.15, 0.2) is 47.1 Å². The molecule has 0 N–H and O–H groups in total. The lowest BCUT2D eigenvalue weighted by atomic mass is 10.2. The zero-order valence-corrected chi connectivity index (χ0v) is 8.96. The van der Waals surface area contributed by atoms with Crippen molar-refractivity contribution >= 4 is 12.1 Å². The molecule has 1 aliphatic rings. The molecule has 1 aliphatic heterocycles. The van der Waals surface area contributed by atoms with Crippen LogP contribution >= 0.6 is 0 Å². The van der Waals surface area contributed by atoms with Gasteiger partial charge in [-0.2, -0.15) is 0 Å². The summed E-state index contributed by atoms with van der Waals surface area (Å²) in [6.45, 7) is 0.208. The van der Waals surface area contributed by atoms with Gasteiger partial charge in [0.15, 0.2) is 18.7 Å². The van der Waals surface area contributed by atoms with Gasteiger partial charge in [0.1, 0.15) is 5.75 Å². The van der Waals surface area contributed by atoms with E-state index in [1.807, 2.05) is 12.1 Å². The van der Waals surface area contributed by atoms with Gasteiger partial charge in [0.2, 0.25) is 5.78 Å². The third-order valence-electron chi connectivity index (χ3n) is 2.21. The van der Waals surface area contributed by atoms with Crippen molar-refractivity contribution in [2.45, 2.75) is 0 Å². The molecule has 0 unspecified atom stereocenters. The number of para-hydroxylation sites is 1. The SMILES string of the molecule is O=C1COc2ccccc21.O=Cc1ccco1. The first-order valence-electron chi connectivity index (χ1n) is 5.05. The van der Waals surface area contributed by atoms with E-state index in [2.05, 4.69) is 4.42 Å². The van der Waals surface area contributed by atoms with Gasteiger partial charge in [-0.3, -0.25) is 9.59 Å². The minimum atomic E-state index is 0.0793. The van der Waals surface area contributed by atoms with Crippen LogP contribution in [0.2, 0.25) is 0 Å². The molecule has 4 nitrogen and oxygen atoms in total. The van der Waals surface area contributed by atoms with E-state index in [9.17, 15) is 9.59 Å². The second kappa shape index (κ2) is 5.12. The van der Waals surface area contributed by atoms with E-state index in [4.69, 9.17) is 4.74 Å². The van der Waals surface area contributed by atoms with Crippen LogP contribution in [0.5, 0.6) is 5.75 Å². The summed E-state index contributed by atoms with van der Waals surface area (Å²) >= 11 is 0. The van der Waals surface area contributed by atoms with Gasteiger partial charge in [-0.05, 0) is 24.3 Å². The fraction of sp³-hybridized carbons (Fsp3) is 0.0769. The molecular formula is C13H10O4. The molecule has 3 rings (SSSR count). The molecule has 1 aromatic carbocycles. The second-order valence-electron chi connectivity index (χ2n) is 3.34. The molecule has 1 aromatic heterocycles. The predicted octanol–water partition coefficient (Wildman–Crippen LogP) is 2.35. The number of Topliss-reactive ketones (excluding diaryl/α,β-unsaturated/α-hetero) is 1. The molecule has 0 spiro atoms. The van der Waals surface area contributed by atoms with Gasteiger partial charge in [0, 0.05) is 0 Å². The Morgan fingerprint density at radius 2 is 1.94 bits per heavy atom. The Hall–Kier alpha value is -2.36. The van der Waals surface area contributed by atoms with Crippen LogP contribution in [0.4, 0.5) is 0 Å². The van der Waals surface area contributed by atoms with Crippen molar-refractivity contribution in [2.75, 3.05) is 6.61 Å². The standard InChI is InChI=1S/C8H6O2.C5H4O2/c9-7-5-10-8-4-2-1-3-6(7)8;6-4-5-2-1-3-7-5/h1-4H,5H2;1-4H. The van der Waals surface area contributed by atoms with Gasteiger partial charge in [-0.25, -0.2) is 0 Å². The monoisotopic (exact) mass is 230 g/mol. The van der Waals surface area contributed by atoms with Crippen molar-refractivity contribution in [3.8, 4) is 5.75 Å². The van der Waals surface area contributed by atoms with E-state index in [-0.39, 0.29) is 12.4 Å². The van der Waals surface area contributed by atoms with Crippen molar-refractivity contribution in [1.29, 1.82) is 0 Å². The highest BCUT2D eigenvalue weighted by Crippen LogP contribution is 2.23. The molecule has 17 heavy (non-hydrogen) atoms. The average molecular weight is 230 g/mol. The van der Waals surface area contributed by atoms with E-state index in [0.717, 1.165) is 0 Å². The number of ketones is 1. The van der Waals surface area contributed by atoms with E-state index in [0.29, 0.717) is 23.4 Å². The van der Waals surface area contributed by atoms with E-state index < -0.39 is 0 Å². The summed E-state index contributed by atoms with van der Waals surface area (Å²) in [6.07, 6.45) is 2.13. The fourth-order valence-corrected chi connectivity index (χ4v) is 1.40. The van der Waals surface area contributed by atoms with Crippen molar-refractivity contribution < 1.29 is 18.7 Å². The number of furan rings is 1. The molecule has 0 amide bonds. The van der Waals surface area contributed by atoms with Crippen LogP contribution in [-0.2, 0) is 0 Å². The smallest absolute Gasteiger partial charge is 0.203 e. The molecule has 0 radical (unpaired) electrons. The van der Waals surface area contributed by atoms with E-state index in [1.54, 1.807) is 24.3 Å². The number of carbonyl (C=O) groups is 2. The van der Waals surface area contributed by atoms with Crippen LogP contribution in [0.1, 0.15) is 20.9 Å². The number of fused-ring (bicyclic) bond motifs is 1. The summed E-state index contributed by atoms with van der Waals surface area (Å²) in [7, 11) is 0. The Bertz CT molecular complexity index is 514. The van der Waals surface area contributed by atoms with Gasteiger partial charge in [0.05, 0.1) is 11.8 Å². The van der Waals surface area contributed by atoms with Gasteiger partial charge in [-0.15, -0.1) is 0 Å². The first-order valence-corrected chi connectivity index (χ1v) is 5.05. The quantitative estimate of drug-likeness (QED) is 0.705. The summed E-state index contributed by atoms with van der Waals surface area (Å²) in [5.41, 5.74) is 0.711. The maximum Gasteiger partial charge on any atom is 0.203 e. The van der Waals surface area contributed by atoms with Crippen LogP contribution in [0, 0.1) is 0 Å². The maximum atomic E-state index is 10.9. The number of rotatable bonds is 1. The minimum absolute atomic E-state index is 0.0793. The molecule has 2 aromatic rings. The van der Waals surface area contributed by atoms with E-state index in [1.165, 1.54) is 6.26 Å². The first kappa shape index (κ1) is 11.1. The molecule has 2 heterocycles. The summed E-state index contributed by atoms with van der Waals surface area (Å²) in [5.74, 6) is 1.17. The maximum absolute atomic E-state index is 10.9. The molecule has 86 valence electrons. The molecular weight excluding hydrogens is 220 g/mol. The molecule has 0 bridgehead atoms. The molecule has 0 fully saturated rings. The number of ether oxygens (including phenoxy) is 1. The summed E-state index contributed by atoms with van der Waals surface area (Å²) < 4.78 is 9.68. The van der Waals surface area contributed by atoms with Gasteiger partial charge < -0.3 is 9.15 Å². The van der Waals surface area contributed by atoms with Crippen molar-refractivity contribution in [3.63, 3.8) is 0 Å². The van der Waals surface area contributed by atoms with Crippen LogP contribution in [0.25, 0.3) is 0 Å². The normalized spacial score (nSPS) is 12.1. The number of benzene rings is 1. The molecule has 0 saturated carbocycles. The summed E-state index contributed by atoms with van der Waals surface area (Å²) in [6, 6.07) is 10.6. The Kier molecular flexibility index (Phi) is 3.35. The molecule has 0 aliphatic carbocycles. The van der Waals surface area contributed by atoms with E-state index >= 15 is 0 Å². The first-order chi connectivity index (χ1) is 8.31. The Morgan fingerprint density at radius 3 is 2.53 bits per heavy atom. The molecule has 0 atom stereocenters. The van der Waals surface area contributed by atoms with Gasteiger partial charge in [0.25, 0.3) is 0 Å². The highest BCUT2D eigenvalue weighted by Gasteiger charge is 2.18. The van der Waals surface area contributed by atoms with Crippen molar-refractivity contribution in [1.82, 2.24) is 0 Å². The zero-order chi connectivity index (χ0) is 12.1. The largest absolute Gasteiger partial charge is 0.485 e. The third kappa shape index (κ3) is 2.60. The predicted molar refractivity (Wildman–Crippen MR) is 60.4 cm³/mol. The zero-order valence-electron chi connectivity index (χ0n) is 8.96. The number of hydrogen-bond donors (Lipinski definition) is 0. The lowest BCUT2D eigenvalue weighted by Gasteiger charge is -1.92. The van der Waals surface area contributed by atoms with Gasteiger partial charge >= 0.3 is 0 Å².